The van der Waals surface area contributed by atoms with E-state index in [1.807, 2.05) is 12.1 Å². The molecule has 0 radical (unpaired) electrons. The van der Waals surface area contributed by atoms with E-state index < -0.39 is 5.91 Å². The zero-order chi connectivity index (χ0) is 18.3. The van der Waals surface area contributed by atoms with E-state index in [1.54, 1.807) is 48.5 Å². The van der Waals surface area contributed by atoms with Crippen molar-refractivity contribution in [1.29, 1.82) is 10.5 Å². The monoisotopic (exact) mass is 338 g/mol. The van der Waals surface area contributed by atoms with Gasteiger partial charge in [-0.2, -0.15) is 10.5 Å². The molecule has 0 atom stereocenters. The molecule has 2 heterocycles. The number of amides is 1. The van der Waals surface area contributed by atoms with Crippen molar-refractivity contribution < 1.29 is 9.90 Å². The van der Waals surface area contributed by atoms with Crippen LogP contribution in [-0.4, -0.2) is 21.7 Å². The van der Waals surface area contributed by atoms with Crippen LogP contribution in [0.15, 0.2) is 53.5 Å². The van der Waals surface area contributed by atoms with Gasteiger partial charge < -0.3 is 10.1 Å². The Morgan fingerprint density at radius 3 is 1.92 bits per heavy atom. The number of aliphatic imine (C=N–C) groups is 1. The van der Waals surface area contributed by atoms with Crippen molar-refractivity contribution in [2.24, 2.45) is 4.99 Å². The lowest BCUT2D eigenvalue weighted by Gasteiger charge is -2.01. The average Bonchev–Trinajstić information content (AvgIpc) is 3.21. The summed E-state index contributed by atoms with van der Waals surface area (Å²) in [7, 11) is 0. The first-order chi connectivity index (χ1) is 12.6. The summed E-state index contributed by atoms with van der Waals surface area (Å²) >= 11 is 0. The molecule has 1 aliphatic heterocycles. The minimum absolute atomic E-state index is 0.145. The molecule has 0 saturated carbocycles. The van der Waals surface area contributed by atoms with Gasteiger partial charge in [-0.15, -0.1) is 0 Å². The zero-order valence-corrected chi connectivity index (χ0v) is 13.3. The molecule has 1 aliphatic rings. The summed E-state index contributed by atoms with van der Waals surface area (Å²) < 4.78 is 0. The third-order valence-corrected chi connectivity index (χ3v) is 4.23. The van der Waals surface area contributed by atoms with Gasteiger partial charge in [0.25, 0.3) is 5.91 Å². The highest BCUT2D eigenvalue weighted by Gasteiger charge is 2.33. The van der Waals surface area contributed by atoms with Crippen LogP contribution in [0.3, 0.4) is 0 Å². The Kier molecular flexibility index (Phi) is 3.39. The van der Waals surface area contributed by atoms with Crippen LogP contribution in [0.5, 0.6) is 5.88 Å². The van der Waals surface area contributed by atoms with Crippen molar-refractivity contribution in [1.82, 2.24) is 4.98 Å². The Bertz CT molecular complexity index is 1150. The van der Waals surface area contributed by atoms with Gasteiger partial charge in [-0.1, -0.05) is 24.3 Å². The number of aromatic amines is 1. The fraction of sp³-hybridized carbons (Fsp3) is 0. The SMILES string of the molecule is N#Cc1ccc(C2=NC(=O)c3c(-c4ccc(C#N)cc4)[nH]c(O)c32)cc1. The minimum Gasteiger partial charge on any atom is -0.494 e. The Balaban J connectivity index is 1.83. The second-order valence-electron chi connectivity index (χ2n) is 5.74. The first-order valence-corrected chi connectivity index (χ1v) is 7.71. The van der Waals surface area contributed by atoms with Gasteiger partial charge >= 0.3 is 0 Å². The maximum Gasteiger partial charge on any atom is 0.280 e. The van der Waals surface area contributed by atoms with Crippen LogP contribution in [0.4, 0.5) is 0 Å². The largest absolute Gasteiger partial charge is 0.494 e. The molecule has 4 rings (SSSR count). The number of nitriles is 2. The Morgan fingerprint density at radius 2 is 1.38 bits per heavy atom. The van der Waals surface area contributed by atoms with Crippen LogP contribution in [0, 0.1) is 22.7 Å². The number of rotatable bonds is 2. The third-order valence-electron chi connectivity index (χ3n) is 4.23. The van der Waals surface area contributed by atoms with E-state index in [4.69, 9.17) is 10.5 Å². The van der Waals surface area contributed by atoms with Gasteiger partial charge in [0, 0.05) is 5.56 Å². The first kappa shape index (κ1) is 15.4. The number of aromatic nitrogens is 1. The summed E-state index contributed by atoms with van der Waals surface area (Å²) in [6, 6.07) is 17.4. The van der Waals surface area contributed by atoms with Crippen molar-refractivity contribution >= 4 is 11.6 Å². The summed E-state index contributed by atoms with van der Waals surface area (Å²) in [6.45, 7) is 0. The molecular formula is C20H10N4O2. The van der Waals surface area contributed by atoms with Crippen molar-refractivity contribution in [3.8, 4) is 29.3 Å². The molecule has 0 unspecified atom stereocenters. The highest BCUT2D eigenvalue weighted by atomic mass is 16.3. The fourth-order valence-electron chi connectivity index (χ4n) is 2.98. The number of hydrogen-bond donors (Lipinski definition) is 2. The zero-order valence-electron chi connectivity index (χ0n) is 13.3. The lowest BCUT2D eigenvalue weighted by atomic mass is 9.99. The standard InChI is InChI=1S/C20H10N4O2/c21-9-11-1-5-13(6-2-11)17-15-16(20(26)23-17)18(24-19(15)25)14-7-3-12(10-22)4-8-14/h1-8,23,26H. The smallest absolute Gasteiger partial charge is 0.280 e. The molecule has 0 fully saturated rings. The molecule has 0 aliphatic carbocycles. The predicted octanol–water partition coefficient (Wildman–Crippen LogP) is 3.12. The molecule has 26 heavy (non-hydrogen) atoms. The van der Waals surface area contributed by atoms with E-state index in [2.05, 4.69) is 9.98 Å². The molecule has 1 amide bonds. The predicted molar refractivity (Wildman–Crippen MR) is 93.7 cm³/mol. The second kappa shape index (κ2) is 5.73. The summed E-state index contributed by atoms with van der Waals surface area (Å²) in [5.41, 5.74) is 3.77. The van der Waals surface area contributed by atoms with Crippen LogP contribution in [-0.2, 0) is 0 Å². The normalized spacial score (nSPS) is 12.2. The van der Waals surface area contributed by atoms with Gasteiger partial charge in [-0.05, 0) is 29.8 Å². The minimum atomic E-state index is -0.449. The van der Waals surface area contributed by atoms with Crippen LogP contribution >= 0.6 is 0 Å². The Morgan fingerprint density at radius 1 is 0.846 bits per heavy atom. The van der Waals surface area contributed by atoms with Gasteiger partial charge in [0.05, 0.1) is 45.8 Å². The van der Waals surface area contributed by atoms with Gasteiger partial charge in [-0.3, -0.25) is 4.79 Å². The van der Waals surface area contributed by atoms with Gasteiger partial charge in [0.1, 0.15) is 0 Å². The number of nitrogens with zero attached hydrogens (tertiary/aromatic N) is 3. The summed E-state index contributed by atoms with van der Waals surface area (Å²) in [6.07, 6.45) is 0. The van der Waals surface area contributed by atoms with E-state index in [0.29, 0.717) is 44.8 Å². The Labute approximate surface area is 148 Å². The molecule has 0 spiro atoms. The molecule has 1 aromatic heterocycles. The van der Waals surface area contributed by atoms with Crippen LogP contribution in [0.25, 0.3) is 11.3 Å². The third kappa shape index (κ3) is 2.26. The van der Waals surface area contributed by atoms with Crippen LogP contribution in [0.2, 0.25) is 0 Å². The Hall–Kier alpha value is -4.16. The molecule has 6 heteroatoms. The van der Waals surface area contributed by atoms with Gasteiger partial charge in [0.2, 0.25) is 0 Å². The average molecular weight is 338 g/mol. The van der Waals surface area contributed by atoms with Crippen molar-refractivity contribution in [2.75, 3.05) is 0 Å². The number of fused-ring (bicyclic) bond motifs is 1. The van der Waals surface area contributed by atoms with Gasteiger partial charge in [0.15, 0.2) is 5.88 Å². The second-order valence-corrected chi connectivity index (χ2v) is 5.74. The number of carbonyl (C=O) groups excluding carboxylic acids is 1. The number of H-pyrrole nitrogens is 1. The molecule has 0 saturated heterocycles. The maximum atomic E-state index is 12.5. The van der Waals surface area contributed by atoms with Crippen LogP contribution in [0.1, 0.15) is 32.6 Å². The van der Waals surface area contributed by atoms with E-state index >= 15 is 0 Å². The lowest BCUT2D eigenvalue weighted by Crippen LogP contribution is -1.99. The number of benzene rings is 2. The van der Waals surface area contributed by atoms with E-state index in [1.165, 1.54) is 0 Å². The van der Waals surface area contributed by atoms with E-state index in [0.717, 1.165) is 0 Å². The fourth-order valence-corrected chi connectivity index (χ4v) is 2.98. The molecule has 6 nitrogen and oxygen atoms in total. The number of nitrogens with one attached hydrogen (secondary N) is 1. The quantitative estimate of drug-likeness (QED) is 0.747. The highest BCUT2D eigenvalue weighted by Crippen LogP contribution is 2.37. The maximum absolute atomic E-state index is 12.5. The van der Waals surface area contributed by atoms with Crippen molar-refractivity contribution in [2.45, 2.75) is 0 Å². The molecule has 0 bridgehead atoms. The molecular weight excluding hydrogens is 328 g/mol. The summed E-state index contributed by atoms with van der Waals surface area (Å²) in [5.74, 6) is -0.594. The van der Waals surface area contributed by atoms with Crippen molar-refractivity contribution in [3.05, 3.63) is 76.3 Å². The highest BCUT2D eigenvalue weighted by molar-refractivity contribution is 6.30. The first-order valence-electron chi connectivity index (χ1n) is 7.71. The number of aromatic hydroxyl groups is 1. The lowest BCUT2D eigenvalue weighted by molar-refractivity contribution is 0.101. The molecule has 2 N–H and O–H groups in total. The van der Waals surface area contributed by atoms with Crippen molar-refractivity contribution in [3.63, 3.8) is 0 Å². The number of hydrogen-bond acceptors (Lipinski definition) is 4. The van der Waals surface area contributed by atoms with Gasteiger partial charge in [-0.25, -0.2) is 4.99 Å². The summed E-state index contributed by atoms with van der Waals surface area (Å²) in [5, 5.41) is 28.2. The molecule has 122 valence electrons. The summed E-state index contributed by atoms with van der Waals surface area (Å²) in [4.78, 5) is 19.4. The van der Waals surface area contributed by atoms with E-state index in [-0.39, 0.29) is 5.88 Å². The van der Waals surface area contributed by atoms with Crippen LogP contribution < -0.4 is 0 Å². The molecule has 3 aromatic rings. The molecule has 2 aromatic carbocycles. The topological polar surface area (TPSA) is 113 Å². The van der Waals surface area contributed by atoms with E-state index in [9.17, 15) is 9.90 Å². The number of carbonyl (C=O) groups is 1.